The van der Waals surface area contributed by atoms with Gasteiger partial charge >= 0.3 is 7.12 Å². The molecule has 1 aliphatic rings. The molecule has 38 heavy (non-hydrogen) atoms. The summed E-state index contributed by atoms with van der Waals surface area (Å²) in [5.74, 6) is 0. The highest BCUT2D eigenvalue weighted by Crippen LogP contribution is 2.37. The van der Waals surface area contributed by atoms with Crippen LogP contribution in [-0.4, -0.2) is 35.2 Å². The molecule has 4 aromatic rings. The number of halogens is 1. The topological polar surface area (TPSA) is 139 Å². The summed E-state index contributed by atoms with van der Waals surface area (Å²) in [6, 6.07) is 20.4. The van der Waals surface area contributed by atoms with Crippen LogP contribution in [0, 0.1) is 0 Å². The van der Waals surface area contributed by atoms with Gasteiger partial charge in [0.05, 0.1) is 21.0 Å². The Hall–Kier alpha value is -2.51. The summed E-state index contributed by atoms with van der Waals surface area (Å²) < 4.78 is 58.3. The number of benzene rings is 4. The van der Waals surface area contributed by atoms with Crippen LogP contribution < -0.4 is 15.7 Å². The monoisotopic (exact) mass is 574 g/mol. The van der Waals surface area contributed by atoms with E-state index in [1.807, 2.05) is 39.8 Å². The number of hydrogen-bond donors (Lipinski definition) is 2. The maximum atomic E-state index is 11.8. The van der Waals surface area contributed by atoms with E-state index in [4.69, 9.17) is 31.2 Å². The summed E-state index contributed by atoms with van der Waals surface area (Å²) >= 11 is 5.94. The van der Waals surface area contributed by atoms with Gasteiger partial charge in [-0.3, -0.25) is 0 Å². The Bertz CT molecular complexity index is 1740. The second-order valence-electron chi connectivity index (χ2n) is 9.97. The first-order valence-corrected chi connectivity index (χ1v) is 15.1. The first-order chi connectivity index (χ1) is 17.5. The Morgan fingerprint density at radius 2 is 1.03 bits per heavy atom. The fourth-order valence-corrected chi connectivity index (χ4v) is 5.91. The number of primary sulfonamides is 2. The van der Waals surface area contributed by atoms with Crippen LogP contribution in [-0.2, 0) is 29.4 Å². The third-order valence-corrected chi connectivity index (χ3v) is 9.14. The molecule has 0 unspecified atom stereocenters. The number of fused-ring (bicyclic) bond motifs is 2. The van der Waals surface area contributed by atoms with E-state index in [2.05, 4.69) is 0 Å². The van der Waals surface area contributed by atoms with Gasteiger partial charge in [-0.1, -0.05) is 66.2 Å². The summed E-state index contributed by atoms with van der Waals surface area (Å²) in [5, 5.41) is 13.5. The molecule has 0 atom stereocenters. The molecule has 8 nitrogen and oxygen atoms in total. The zero-order valence-electron chi connectivity index (χ0n) is 21.3. The molecule has 1 saturated heterocycles. The van der Waals surface area contributed by atoms with E-state index in [-0.39, 0.29) is 9.79 Å². The largest absolute Gasteiger partial charge is 0.495 e. The molecular weight excluding hydrogens is 547 g/mol. The summed E-state index contributed by atoms with van der Waals surface area (Å²) in [5.41, 5.74) is -0.124. The molecule has 0 bridgehead atoms. The Labute approximate surface area is 228 Å². The van der Waals surface area contributed by atoms with Gasteiger partial charge in [-0.15, -0.1) is 0 Å². The molecule has 4 aromatic carbocycles. The van der Waals surface area contributed by atoms with E-state index in [0.717, 1.165) is 10.8 Å². The van der Waals surface area contributed by atoms with Gasteiger partial charge in [0.25, 0.3) is 0 Å². The average molecular weight is 575 g/mol. The molecule has 0 radical (unpaired) electrons. The number of sulfonamides is 2. The maximum absolute atomic E-state index is 11.8. The van der Waals surface area contributed by atoms with E-state index < -0.39 is 38.4 Å². The molecule has 0 spiro atoms. The third-order valence-electron chi connectivity index (χ3n) is 6.87. The smallest absolute Gasteiger partial charge is 0.399 e. The van der Waals surface area contributed by atoms with Gasteiger partial charge in [0.2, 0.25) is 20.0 Å². The summed E-state index contributed by atoms with van der Waals surface area (Å²) in [6.07, 6.45) is 0. The van der Waals surface area contributed by atoms with Crippen molar-refractivity contribution in [3.63, 3.8) is 0 Å². The van der Waals surface area contributed by atoms with Gasteiger partial charge in [0.15, 0.2) is 0 Å². The Balaban J connectivity index is 0.000000194. The van der Waals surface area contributed by atoms with E-state index in [1.165, 1.54) is 18.2 Å². The minimum Gasteiger partial charge on any atom is -0.399 e. The van der Waals surface area contributed by atoms with Crippen LogP contribution in [0.15, 0.2) is 82.6 Å². The van der Waals surface area contributed by atoms with Crippen molar-refractivity contribution >= 4 is 65.8 Å². The fraction of sp³-hybridized carbons (Fsp3) is 0.231. The zero-order valence-corrected chi connectivity index (χ0v) is 23.7. The zero-order chi connectivity index (χ0) is 28.1. The highest BCUT2D eigenvalue weighted by molar-refractivity contribution is 7.89. The van der Waals surface area contributed by atoms with Crippen LogP contribution in [0.4, 0.5) is 0 Å². The lowest BCUT2D eigenvalue weighted by Gasteiger charge is -2.32. The van der Waals surface area contributed by atoms with Crippen LogP contribution in [0.25, 0.3) is 21.5 Å². The third kappa shape index (κ3) is 5.46. The molecule has 1 aliphatic heterocycles. The molecule has 12 heteroatoms. The summed E-state index contributed by atoms with van der Waals surface area (Å²) in [4.78, 5) is 0.205. The van der Waals surface area contributed by atoms with E-state index in [1.54, 1.807) is 42.5 Å². The van der Waals surface area contributed by atoms with E-state index >= 15 is 0 Å². The highest BCUT2D eigenvalue weighted by atomic mass is 35.5. The second-order valence-corrected chi connectivity index (χ2v) is 13.4. The normalized spacial score (nSPS) is 16.9. The Morgan fingerprint density at radius 3 is 1.50 bits per heavy atom. The molecule has 5 rings (SSSR count). The van der Waals surface area contributed by atoms with Gasteiger partial charge in [-0.25, -0.2) is 27.1 Å². The summed E-state index contributed by atoms with van der Waals surface area (Å²) in [6.45, 7) is 7.92. The van der Waals surface area contributed by atoms with Crippen molar-refractivity contribution in [1.29, 1.82) is 0 Å². The first-order valence-electron chi connectivity index (χ1n) is 11.6. The minimum absolute atomic E-state index is 0.0995. The Morgan fingerprint density at radius 1 is 0.632 bits per heavy atom. The van der Waals surface area contributed by atoms with Crippen LogP contribution in [0.5, 0.6) is 0 Å². The van der Waals surface area contributed by atoms with Crippen LogP contribution >= 0.6 is 11.6 Å². The predicted molar refractivity (Wildman–Crippen MR) is 151 cm³/mol. The Kier molecular flexibility index (Phi) is 7.43. The first kappa shape index (κ1) is 28.5. The van der Waals surface area contributed by atoms with E-state index in [0.29, 0.717) is 21.2 Å². The molecule has 0 aliphatic carbocycles. The highest BCUT2D eigenvalue weighted by Gasteiger charge is 2.52. The average Bonchev–Trinajstić information content (AvgIpc) is 3.04. The van der Waals surface area contributed by atoms with Crippen LogP contribution in [0.1, 0.15) is 27.7 Å². The molecule has 200 valence electrons. The van der Waals surface area contributed by atoms with Crippen molar-refractivity contribution in [2.45, 2.75) is 48.7 Å². The van der Waals surface area contributed by atoms with Crippen molar-refractivity contribution in [2.75, 3.05) is 0 Å². The van der Waals surface area contributed by atoms with Gasteiger partial charge in [0, 0.05) is 21.2 Å². The quantitative estimate of drug-likeness (QED) is 0.356. The second kappa shape index (κ2) is 9.91. The predicted octanol–water partition coefficient (Wildman–Crippen LogP) is 3.93. The standard InChI is InChI=1S/C16H20BNO4S.C10H8ClNO2S/c1-15(2)16(3,4)22-17(21-15)13-9-10-14(23(18,19)20)12-8-6-5-7-11(12)13;11-9-5-6-10(15(12,13)14)8-4-2-1-3-7(8)9/h5-10H,1-4H3,(H2,18,19,20);1-6H,(H2,12,13,14). The summed E-state index contributed by atoms with van der Waals surface area (Å²) in [7, 11) is -8.06. The van der Waals surface area contributed by atoms with Gasteiger partial charge in [-0.05, 0) is 56.7 Å². The van der Waals surface area contributed by atoms with Gasteiger partial charge in [-0.2, -0.15) is 0 Å². The lowest BCUT2D eigenvalue weighted by molar-refractivity contribution is 0.00578. The fourth-order valence-electron chi connectivity index (χ4n) is 4.20. The molecule has 0 amide bonds. The van der Waals surface area contributed by atoms with Crippen molar-refractivity contribution < 1.29 is 26.1 Å². The number of hydrogen-bond acceptors (Lipinski definition) is 6. The SMILES string of the molecule is CC1(C)OB(c2ccc(S(N)(=O)=O)c3ccccc23)OC1(C)C.NS(=O)(=O)c1ccc(Cl)c2ccccc12. The van der Waals surface area contributed by atoms with E-state index in [9.17, 15) is 16.8 Å². The maximum Gasteiger partial charge on any atom is 0.495 e. The molecule has 0 aromatic heterocycles. The number of rotatable bonds is 3. The van der Waals surface area contributed by atoms with Crippen molar-refractivity contribution in [1.82, 2.24) is 0 Å². The lowest BCUT2D eigenvalue weighted by atomic mass is 9.76. The number of nitrogens with two attached hydrogens (primary N) is 2. The van der Waals surface area contributed by atoms with Crippen molar-refractivity contribution in [2.24, 2.45) is 10.3 Å². The molecule has 0 saturated carbocycles. The minimum atomic E-state index is -3.80. The van der Waals surface area contributed by atoms with Crippen LogP contribution in [0.2, 0.25) is 5.02 Å². The van der Waals surface area contributed by atoms with Crippen LogP contribution in [0.3, 0.4) is 0 Å². The van der Waals surface area contributed by atoms with Crippen molar-refractivity contribution in [3.8, 4) is 0 Å². The van der Waals surface area contributed by atoms with Gasteiger partial charge < -0.3 is 9.31 Å². The lowest BCUT2D eigenvalue weighted by Crippen LogP contribution is -2.41. The van der Waals surface area contributed by atoms with Gasteiger partial charge in [0.1, 0.15) is 0 Å². The molecule has 1 fully saturated rings. The molecule has 4 N–H and O–H groups in total. The molecule has 1 heterocycles. The van der Waals surface area contributed by atoms with Crippen molar-refractivity contribution in [3.05, 3.63) is 77.8 Å². The molecular formula is C26H28BClN2O6S2.